The second kappa shape index (κ2) is 18.7. The number of hydrogen-bond acceptors (Lipinski definition) is 1. The Bertz CT molecular complexity index is 325. The third-order valence-corrected chi connectivity index (χ3v) is 5.64. The monoisotopic (exact) mass is 379 g/mol. The molecule has 2 heteroatoms. The highest BCUT2D eigenvalue weighted by Crippen LogP contribution is 2.12. The molecule has 0 aliphatic carbocycles. The lowest BCUT2D eigenvalue weighted by Crippen LogP contribution is -2.41. The van der Waals surface area contributed by atoms with Crippen molar-refractivity contribution < 1.29 is 4.48 Å². The third-order valence-electron chi connectivity index (χ3n) is 5.64. The lowest BCUT2D eigenvalue weighted by Gasteiger charge is -2.30. The minimum Gasteiger partial charge on any atom is -0.328 e. The zero-order chi connectivity index (χ0) is 20.2. The maximum Gasteiger partial charge on any atom is 0.0782 e. The molecule has 0 bridgehead atoms. The van der Waals surface area contributed by atoms with Crippen LogP contribution in [0.3, 0.4) is 0 Å². The van der Waals surface area contributed by atoms with E-state index in [2.05, 4.69) is 39.5 Å². The number of quaternary nitrogens is 1. The van der Waals surface area contributed by atoms with Gasteiger partial charge in [0, 0.05) is 6.04 Å². The fourth-order valence-electron chi connectivity index (χ4n) is 3.78. The molecule has 0 fully saturated rings. The maximum atomic E-state index is 3.85. The Balaban J connectivity index is 3.54. The molecule has 0 aromatic carbocycles. The van der Waals surface area contributed by atoms with Crippen molar-refractivity contribution in [3.05, 3.63) is 25.3 Å². The SMILES string of the molecule is C=CCC(CC=C)NCCCC[N+](C)(C)CCCCCCCCCCCC. The van der Waals surface area contributed by atoms with Gasteiger partial charge in [0.1, 0.15) is 0 Å². The summed E-state index contributed by atoms with van der Waals surface area (Å²) in [7, 11) is 4.80. The second-order valence-corrected chi connectivity index (χ2v) is 8.97. The van der Waals surface area contributed by atoms with E-state index in [4.69, 9.17) is 0 Å². The van der Waals surface area contributed by atoms with Crippen molar-refractivity contribution in [1.29, 1.82) is 0 Å². The molecule has 0 spiro atoms. The minimum atomic E-state index is 0.522. The van der Waals surface area contributed by atoms with Crippen molar-refractivity contribution in [2.24, 2.45) is 0 Å². The topological polar surface area (TPSA) is 12.0 Å². The molecule has 160 valence electrons. The van der Waals surface area contributed by atoms with Gasteiger partial charge in [0.05, 0.1) is 27.2 Å². The second-order valence-electron chi connectivity index (χ2n) is 8.97. The first-order valence-electron chi connectivity index (χ1n) is 11.8. The molecular weight excluding hydrogens is 328 g/mol. The Morgan fingerprint density at radius 3 is 1.63 bits per heavy atom. The summed E-state index contributed by atoms with van der Waals surface area (Å²) in [5, 5.41) is 3.65. The van der Waals surface area contributed by atoms with Crippen LogP contribution in [0.25, 0.3) is 0 Å². The van der Waals surface area contributed by atoms with Crippen LogP contribution >= 0.6 is 0 Å². The van der Waals surface area contributed by atoms with Crippen molar-refractivity contribution in [3.8, 4) is 0 Å². The van der Waals surface area contributed by atoms with E-state index in [-0.39, 0.29) is 0 Å². The summed E-state index contributed by atoms with van der Waals surface area (Å²) in [4.78, 5) is 0. The molecule has 0 heterocycles. The highest BCUT2D eigenvalue weighted by atomic mass is 15.3. The predicted octanol–water partition coefficient (Wildman–Crippen LogP) is 6.87. The number of nitrogens with one attached hydrogen (secondary N) is 1. The van der Waals surface area contributed by atoms with Gasteiger partial charge in [0.2, 0.25) is 0 Å². The summed E-state index contributed by atoms with van der Waals surface area (Å²) in [5.41, 5.74) is 0. The number of nitrogens with zero attached hydrogens (tertiary/aromatic N) is 1. The molecule has 0 radical (unpaired) electrons. The van der Waals surface area contributed by atoms with Crippen molar-refractivity contribution in [3.63, 3.8) is 0 Å². The van der Waals surface area contributed by atoms with E-state index >= 15 is 0 Å². The maximum absolute atomic E-state index is 3.85. The Hall–Kier alpha value is -0.600. The third kappa shape index (κ3) is 18.5. The zero-order valence-electron chi connectivity index (χ0n) is 19.1. The predicted molar refractivity (Wildman–Crippen MR) is 124 cm³/mol. The van der Waals surface area contributed by atoms with Crippen molar-refractivity contribution in [2.45, 2.75) is 103 Å². The van der Waals surface area contributed by atoms with E-state index in [0.29, 0.717) is 6.04 Å². The number of hydrogen-bond donors (Lipinski definition) is 1. The van der Waals surface area contributed by atoms with Gasteiger partial charge in [0.15, 0.2) is 0 Å². The largest absolute Gasteiger partial charge is 0.328 e. The summed E-state index contributed by atoms with van der Waals surface area (Å²) in [6, 6.07) is 0.522. The van der Waals surface area contributed by atoms with Crippen LogP contribution in [0.4, 0.5) is 0 Å². The molecule has 0 saturated carbocycles. The van der Waals surface area contributed by atoms with Gasteiger partial charge in [0.25, 0.3) is 0 Å². The lowest BCUT2D eigenvalue weighted by atomic mass is 10.1. The van der Waals surface area contributed by atoms with Crippen LogP contribution in [0, 0.1) is 0 Å². The Morgan fingerprint density at radius 2 is 1.15 bits per heavy atom. The first kappa shape index (κ1) is 26.4. The Kier molecular flexibility index (Phi) is 18.3. The summed E-state index contributed by atoms with van der Waals surface area (Å²) in [5.74, 6) is 0. The van der Waals surface area contributed by atoms with Gasteiger partial charge in [-0.25, -0.2) is 0 Å². The first-order valence-corrected chi connectivity index (χ1v) is 11.8. The molecule has 0 saturated heterocycles. The van der Waals surface area contributed by atoms with Gasteiger partial charge in [-0.3, -0.25) is 0 Å². The lowest BCUT2D eigenvalue weighted by molar-refractivity contribution is -0.890. The van der Waals surface area contributed by atoms with Crippen molar-refractivity contribution in [2.75, 3.05) is 33.7 Å². The molecule has 0 aliphatic heterocycles. The molecule has 27 heavy (non-hydrogen) atoms. The fourth-order valence-corrected chi connectivity index (χ4v) is 3.78. The van der Waals surface area contributed by atoms with Crippen LogP contribution in [0.1, 0.15) is 96.8 Å². The smallest absolute Gasteiger partial charge is 0.0782 e. The Labute approximate surface area is 172 Å². The highest BCUT2D eigenvalue weighted by Gasteiger charge is 2.13. The van der Waals surface area contributed by atoms with E-state index < -0.39 is 0 Å². The van der Waals surface area contributed by atoms with E-state index in [1.54, 1.807) is 0 Å². The zero-order valence-corrected chi connectivity index (χ0v) is 19.1. The van der Waals surface area contributed by atoms with Crippen LogP contribution in [-0.4, -0.2) is 44.3 Å². The number of rotatable bonds is 21. The summed E-state index contributed by atoms with van der Waals surface area (Å²) >= 11 is 0. The van der Waals surface area contributed by atoms with Crippen molar-refractivity contribution in [1.82, 2.24) is 5.32 Å². The molecule has 1 N–H and O–H groups in total. The normalized spacial score (nSPS) is 11.9. The molecular formula is C25H51N2+. The highest BCUT2D eigenvalue weighted by molar-refractivity contribution is 4.83. The first-order chi connectivity index (χ1) is 13.1. The van der Waals surface area contributed by atoms with Gasteiger partial charge in [-0.15, -0.1) is 13.2 Å². The molecule has 2 nitrogen and oxygen atoms in total. The van der Waals surface area contributed by atoms with Gasteiger partial charge in [-0.2, -0.15) is 0 Å². The van der Waals surface area contributed by atoms with Crippen LogP contribution in [-0.2, 0) is 0 Å². The summed E-state index contributed by atoms with van der Waals surface area (Å²) in [6.07, 6.45) is 22.9. The van der Waals surface area contributed by atoms with E-state index in [0.717, 1.165) is 19.4 Å². The van der Waals surface area contributed by atoms with Crippen LogP contribution in [0.15, 0.2) is 25.3 Å². The van der Waals surface area contributed by atoms with Crippen LogP contribution in [0.2, 0.25) is 0 Å². The molecule has 0 aliphatic rings. The van der Waals surface area contributed by atoms with Crippen LogP contribution < -0.4 is 5.32 Å². The fraction of sp³-hybridized carbons (Fsp3) is 0.840. The molecule has 0 aromatic rings. The van der Waals surface area contributed by atoms with Crippen LogP contribution in [0.5, 0.6) is 0 Å². The van der Waals surface area contributed by atoms with Gasteiger partial charge >= 0.3 is 0 Å². The molecule has 0 aromatic heterocycles. The van der Waals surface area contributed by atoms with E-state index in [9.17, 15) is 0 Å². The standard InChI is InChI=1S/C25H51N2/c1-6-9-10-11-12-13-14-15-16-18-23-27(4,5)24-19-17-22-26-25(20-7-2)21-8-3/h7-8,25-26H,2-3,6,9-24H2,1,4-5H3/q+1. The average Bonchev–Trinajstić information content (AvgIpc) is 2.63. The van der Waals surface area contributed by atoms with E-state index in [1.165, 1.54) is 94.6 Å². The van der Waals surface area contributed by atoms with Gasteiger partial charge in [-0.05, 0) is 45.1 Å². The van der Waals surface area contributed by atoms with Gasteiger partial charge < -0.3 is 9.80 Å². The Morgan fingerprint density at radius 1 is 0.704 bits per heavy atom. The molecule has 0 unspecified atom stereocenters. The quantitative estimate of drug-likeness (QED) is 0.130. The molecule has 0 atom stereocenters. The summed E-state index contributed by atoms with van der Waals surface area (Å²) < 4.78 is 1.18. The number of unbranched alkanes of at least 4 members (excludes halogenated alkanes) is 10. The molecule has 0 amide bonds. The van der Waals surface area contributed by atoms with E-state index in [1.807, 2.05) is 12.2 Å². The van der Waals surface area contributed by atoms with Gasteiger partial charge in [-0.1, -0.05) is 70.4 Å². The average molecular weight is 380 g/mol. The minimum absolute atomic E-state index is 0.522. The van der Waals surface area contributed by atoms with Crippen molar-refractivity contribution >= 4 is 0 Å². The summed E-state index contributed by atoms with van der Waals surface area (Å²) in [6.45, 7) is 13.7. The molecule has 0 rings (SSSR count).